The molecule has 0 radical (unpaired) electrons. The van der Waals surface area contributed by atoms with Gasteiger partial charge in [0.25, 0.3) is 0 Å². The van der Waals surface area contributed by atoms with Crippen LogP contribution in [0.3, 0.4) is 0 Å². The van der Waals surface area contributed by atoms with Gasteiger partial charge in [0.2, 0.25) is 11.8 Å². The highest BCUT2D eigenvalue weighted by atomic mass is 35.5. The first-order valence-electron chi connectivity index (χ1n) is 6.83. The third-order valence-electron chi connectivity index (χ3n) is 4.08. The lowest BCUT2D eigenvalue weighted by atomic mass is 9.98. The van der Waals surface area contributed by atoms with Crippen molar-refractivity contribution in [2.75, 3.05) is 11.5 Å². The second-order valence-electron chi connectivity index (χ2n) is 5.31. The highest BCUT2D eigenvalue weighted by Crippen LogP contribution is 2.35. The molecule has 0 N–H and O–H groups in total. The van der Waals surface area contributed by atoms with E-state index in [1.807, 2.05) is 6.92 Å². The minimum absolute atomic E-state index is 0.115. The second-order valence-corrected chi connectivity index (χ2v) is 5.72. The van der Waals surface area contributed by atoms with Crippen molar-refractivity contribution in [1.82, 2.24) is 0 Å². The van der Waals surface area contributed by atoms with E-state index in [1.54, 1.807) is 18.2 Å². The molecule has 2 saturated heterocycles. The van der Waals surface area contributed by atoms with Crippen molar-refractivity contribution < 1.29 is 14.3 Å². The Balaban J connectivity index is 1.92. The van der Waals surface area contributed by atoms with Crippen LogP contribution in [-0.2, 0) is 14.3 Å². The van der Waals surface area contributed by atoms with Gasteiger partial charge in [-0.2, -0.15) is 0 Å². The molecule has 2 heterocycles. The van der Waals surface area contributed by atoms with Crippen LogP contribution in [0.4, 0.5) is 5.69 Å². The van der Waals surface area contributed by atoms with E-state index in [4.69, 9.17) is 16.3 Å². The first-order valence-corrected chi connectivity index (χ1v) is 7.21. The lowest BCUT2D eigenvalue weighted by Gasteiger charge is -2.19. The van der Waals surface area contributed by atoms with Crippen molar-refractivity contribution in [3.8, 4) is 0 Å². The van der Waals surface area contributed by atoms with Crippen LogP contribution in [0.5, 0.6) is 0 Å². The number of hydrogen-bond donors (Lipinski definition) is 0. The fourth-order valence-electron chi connectivity index (χ4n) is 2.96. The summed E-state index contributed by atoms with van der Waals surface area (Å²) >= 11 is 6.08. The van der Waals surface area contributed by atoms with Crippen LogP contribution in [0.2, 0.25) is 5.02 Å². The third kappa shape index (κ3) is 2.13. The summed E-state index contributed by atoms with van der Waals surface area (Å²) in [7, 11) is 0. The maximum atomic E-state index is 12.5. The fraction of sp³-hybridized carbons (Fsp3) is 0.467. The van der Waals surface area contributed by atoms with Gasteiger partial charge < -0.3 is 4.74 Å². The Morgan fingerprint density at radius 1 is 1.35 bits per heavy atom. The molecule has 2 aliphatic heterocycles. The van der Waals surface area contributed by atoms with E-state index in [0.717, 1.165) is 18.4 Å². The van der Waals surface area contributed by atoms with Crippen LogP contribution in [0.25, 0.3) is 0 Å². The van der Waals surface area contributed by atoms with Crippen molar-refractivity contribution in [3.05, 3.63) is 28.8 Å². The summed E-state index contributed by atoms with van der Waals surface area (Å²) in [6.07, 6.45) is 1.93. The lowest BCUT2D eigenvalue weighted by molar-refractivity contribution is -0.124. The van der Waals surface area contributed by atoms with Crippen molar-refractivity contribution >= 4 is 29.1 Å². The van der Waals surface area contributed by atoms with Gasteiger partial charge in [0.15, 0.2) is 0 Å². The Kier molecular flexibility index (Phi) is 3.52. The second kappa shape index (κ2) is 5.19. The topological polar surface area (TPSA) is 46.6 Å². The van der Waals surface area contributed by atoms with Crippen LogP contribution >= 0.6 is 11.6 Å². The Labute approximate surface area is 122 Å². The Morgan fingerprint density at radius 2 is 2.15 bits per heavy atom. The largest absolute Gasteiger partial charge is 0.377 e. The molecule has 2 unspecified atom stereocenters. The number of benzene rings is 1. The average molecular weight is 294 g/mol. The van der Waals surface area contributed by atoms with Gasteiger partial charge in [-0.05, 0) is 37.5 Å². The maximum absolute atomic E-state index is 12.5. The lowest BCUT2D eigenvalue weighted by Crippen LogP contribution is -2.34. The summed E-state index contributed by atoms with van der Waals surface area (Å²) in [4.78, 5) is 26.0. The minimum atomic E-state index is -0.344. The molecular weight excluding hydrogens is 278 g/mol. The molecule has 3 rings (SSSR count). The van der Waals surface area contributed by atoms with E-state index in [9.17, 15) is 9.59 Å². The van der Waals surface area contributed by atoms with Gasteiger partial charge >= 0.3 is 0 Å². The number of halogens is 1. The van der Waals surface area contributed by atoms with E-state index in [-0.39, 0.29) is 30.3 Å². The van der Waals surface area contributed by atoms with Crippen LogP contribution in [0.1, 0.15) is 24.8 Å². The highest BCUT2D eigenvalue weighted by Gasteiger charge is 2.45. The normalized spacial score (nSPS) is 26.6. The molecule has 4 nitrogen and oxygen atoms in total. The van der Waals surface area contributed by atoms with Crippen LogP contribution in [0, 0.1) is 12.8 Å². The van der Waals surface area contributed by atoms with E-state index in [0.29, 0.717) is 17.3 Å². The van der Waals surface area contributed by atoms with Gasteiger partial charge in [0, 0.05) is 18.1 Å². The van der Waals surface area contributed by atoms with Gasteiger partial charge in [-0.3, -0.25) is 9.59 Å². The number of rotatable bonds is 2. The molecule has 1 aromatic rings. The summed E-state index contributed by atoms with van der Waals surface area (Å²) in [5, 5.41) is 0.559. The average Bonchev–Trinajstić information content (AvgIpc) is 3.02. The van der Waals surface area contributed by atoms with E-state index in [2.05, 4.69) is 0 Å². The molecule has 5 heteroatoms. The van der Waals surface area contributed by atoms with Crippen molar-refractivity contribution in [2.24, 2.45) is 5.92 Å². The Morgan fingerprint density at radius 3 is 2.85 bits per heavy atom. The number of carbonyl (C=O) groups is 2. The molecular formula is C15H16ClNO3. The van der Waals surface area contributed by atoms with E-state index < -0.39 is 0 Å². The molecule has 2 fully saturated rings. The summed E-state index contributed by atoms with van der Waals surface area (Å²) in [5.74, 6) is -0.670. The molecule has 1 aromatic carbocycles. The monoisotopic (exact) mass is 293 g/mol. The highest BCUT2D eigenvalue weighted by molar-refractivity contribution is 6.32. The molecule has 0 saturated carbocycles. The number of hydrogen-bond acceptors (Lipinski definition) is 3. The van der Waals surface area contributed by atoms with Crippen LogP contribution < -0.4 is 4.90 Å². The van der Waals surface area contributed by atoms with Gasteiger partial charge in [0.1, 0.15) is 0 Å². The van der Waals surface area contributed by atoms with Crippen molar-refractivity contribution in [3.63, 3.8) is 0 Å². The zero-order valence-electron chi connectivity index (χ0n) is 11.3. The molecule has 0 spiro atoms. The molecule has 106 valence electrons. The molecule has 2 atom stereocenters. The van der Waals surface area contributed by atoms with Gasteiger partial charge in [-0.1, -0.05) is 17.7 Å². The number of amides is 2. The first kappa shape index (κ1) is 13.6. The van der Waals surface area contributed by atoms with Crippen molar-refractivity contribution in [2.45, 2.75) is 32.3 Å². The number of anilines is 1. The number of ether oxygens (including phenoxy) is 1. The predicted octanol–water partition coefficient (Wildman–Crippen LogP) is 2.71. The Hall–Kier alpha value is -1.39. The molecule has 2 aliphatic rings. The molecule has 0 aliphatic carbocycles. The van der Waals surface area contributed by atoms with E-state index >= 15 is 0 Å². The van der Waals surface area contributed by atoms with Gasteiger partial charge in [-0.15, -0.1) is 0 Å². The van der Waals surface area contributed by atoms with Gasteiger partial charge in [0.05, 0.1) is 17.7 Å². The summed E-state index contributed by atoms with van der Waals surface area (Å²) in [6.45, 7) is 2.50. The summed E-state index contributed by atoms with van der Waals surface area (Å²) < 4.78 is 5.57. The van der Waals surface area contributed by atoms with Gasteiger partial charge in [-0.25, -0.2) is 4.90 Å². The minimum Gasteiger partial charge on any atom is -0.377 e. The fourth-order valence-corrected chi connectivity index (χ4v) is 3.13. The third-order valence-corrected chi connectivity index (χ3v) is 4.48. The van der Waals surface area contributed by atoms with Crippen LogP contribution in [0.15, 0.2) is 18.2 Å². The standard InChI is InChI=1S/C15H16ClNO3/c1-9-11(16)4-2-5-12(9)17-14(18)8-10(15(17)19)13-6-3-7-20-13/h2,4-5,10,13H,3,6-8H2,1H3. The number of imide groups is 1. The number of carbonyl (C=O) groups excluding carboxylic acids is 2. The zero-order valence-corrected chi connectivity index (χ0v) is 12.0. The molecule has 20 heavy (non-hydrogen) atoms. The summed E-state index contributed by atoms with van der Waals surface area (Å²) in [6, 6.07) is 5.27. The zero-order chi connectivity index (χ0) is 14.3. The quantitative estimate of drug-likeness (QED) is 0.788. The predicted molar refractivity (Wildman–Crippen MR) is 75.8 cm³/mol. The van der Waals surface area contributed by atoms with E-state index in [1.165, 1.54) is 4.90 Å². The van der Waals surface area contributed by atoms with Crippen LogP contribution in [-0.4, -0.2) is 24.5 Å². The van der Waals surface area contributed by atoms with Crippen molar-refractivity contribution in [1.29, 1.82) is 0 Å². The molecule has 2 amide bonds. The maximum Gasteiger partial charge on any atom is 0.240 e. The molecule has 0 bridgehead atoms. The Bertz CT molecular complexity index is 566. The number of nitrogens with zero attached hydrogens (tertiary/aromatic N) is 1. The molecule has 0 aromatic heterocycles. The first-order chi connectivity index (χ1) is 9.59. The SMILES string of the molecule is Cc1c(Cl)cccc1N1C(=O)CC(C2CCCO2)C1=O. The summed E-state index contributed by atoms with van der Waals surface area (Å²) in [5.41, 5.74) is 1.34. The smallest absolute Gasteiger partial charge is 0.240 e.